The third-order valence-corrected chi connectivity index (χ3v) is 2.23. The van der Waals surface area contributed by atoms with Crippen LogP contribution in [0.3, 0.4) is 0 Å². The van der Waals surface area contributed by atoms with E-state index in [4.69, 9.17) is 5.73 Å². The van der Waals surface area contributed by atoms with E-state index in [2.05, 4.69) is 4.74 Å². The van der Waals surface area contributed by atoms with Gasteiger partial charge in [0.25, 0.3) is 0 Å². The summed E-state index contributed by atoms with van der Waals surface area (Å²) in [6.45, 7) is -3.97. The van der Waals surface area contributed by atoms with Crippen LogP contribution in [0.25, 0.3) is 0 Å². The van der Waals surface area contributed by atoms with Crippen LogP contribution in [-0.2, 0) is 4.74 Å². The second-order valence-corrected chi connectivity index (χ2v) is 3.35. The maximum atomic E-state index is 12.6. The van der Waals surface area contributed by atoms with Crippen LogP contribution in [0.15, 0.2) is 12.1 Å². The van der Waals surface area contributed by atoms with E-state index < -0.39 is 18.4 Å². The van der Waals surface area contributed by atoms with Gasteiger partial charge in [0.05, 0.1) is 12.7 Å². The lowest BCUT2D eigenvalue weighted by atomic mass is 9.75. The van der Waals surface area contributed by atoms with Crippen molar-refractivity contribution >= 4 is 24.1 Å². The van der Waals surface area contributed by atoms with Crippen LogP contribution >= 0.6 is 0 Å². The van der Waals surface area contributed by atoms with Gasteiger partial charge >= 0.3 is 12.9 Å². The minimum atomic E-state index is -5.19. The fourth-order valence-electron chi connectivity index (χ4n) is 1.42. The Kier molecular flexibility index (Phi) is 3.16. The lowest BCUT2D eigenvalue weighted by Crippen LogP contribution is -2.37. The number of rotatable bonds is 2. The topological polar surface area (TPSA) is 52.3 Å². The summed E-state index contributed by atoms with van der Waals surface area (Å²) in [5.41, 5.74) is 4.03. The van der Waals surface area contributed by atoms with Gasteiger partial charge in [-0.25, -0.2) is 4.79 Å². The van der Waals surface area contributed by atoms with Gasteiger partial charge < -0.3 is 23.4 Å². The van der Waals surface area contributed by atoms with Crippen molar-refractivity contribution in [2.75, 3.05) is 12.8 Å². The van der Waals surface area contributed by atoms with Crippen LogP contribution in [0.1, 0.15) is 15.9 Å². The van der Waals surface area contributed by atoms with Crippen molar-refractivity contribution in [2.24, 2.45) is 0 Å². The van der Waals surface area contributed by atoms with Gasteiger partial charge in [-0.1, -0.05) is 11.6 Å². The first-order valence-corrected chi connectivity index (χ1v) is 4.45. The van der Waals surface area contributed by atoms with E-state index in [0.29, 0.717) is 0 Å². The number of halogens is 3. The minimum absolute atomic E-state index is 0.111. The summed E-state index contributed by atoms with van der Waals surface area (Å²) < 4.78 is 42.3. The van der Waals surface area contributed by atoms with E-state index in [1.165, 1.54) is 13.0 Å². The number of ether oxygens (including phenoxy) is 1. The lowest BCUT2D eigenvalue weighted by Gasteiger charge is -2.20. The van der Waals surface area contributed by atoms with E-state index in [1.807, 2.05) is 0 Å². The van der Waals surface area contributed by atoms with Crippen molar-refractivity contribution in [3.63, 3.8) is 0 Å². The molecular weight excluding hydrogens is 222 g/mol. The van der Waals surface area contributed by atoms with Gasteiger partial charge in [0.1, 0.15) is 0 Å². The molecule has 0 fully saturated rings. The Hall–Kier alpha value is -1.66. The second-order valence-electron chi connectivity index (χ2n) is 3.35. The van der Waals surface area contributed by atoms with Crippen LogP contribution in [-0.4, -0.2) is 20.1 Å². The number of anilines is 1. The van der Waals surface area contributed by atoms with Crippen LogP contribution in [0.5, 0.6) is 0 Å². The third kappa shape index (κ3) is 2.29. The van der Waals surface area contributed by atoms with Crippen molar-refractivity contribution in [2.45, 2.75) is 6.92 Å². The molecule has 1 rings (SSSR count). The number of carbonyl (C=O) groups excluding carboxylic acids is 1. The lowest BCUT2D eigenvalue weighted by molar-refractivity contribution is 0.0600. The van der Waals surface area contributed by atoms with E-state index >= 15 is 0 Å². The Bertz CT molecular complexity index is 431. The largest absolute Gasteiger partial charge is 0.509 e. The molecular formula is C9H10BF3NO2-. The first-order valence-electron chi connectivity index (χ1n) is 4.45. The molecule has 0 heterocycles. The maximum absolute atomic E-state index is 12.6. The molecule has 0 aliphatic rings. The second kappa shape index (κ2) is 4.07. The molecule has 7 heteroatoms. The number of esters is 1. The molecule has 0 spiro atoms. The molecule has 0 amide bonds. The fraction of sp³-hybridized carbons (Fsp3) is 0.222. The molecule has 2 N–H and O–H groups in total. The van der Waals surface area contributed by atoms with Gasteiger partial charge in [-0.2, -0.15) is 0 Å². The van der Waals surface area contributed by atoms with Gasteiger partial charge in [-0.3, -0.25) is 0 Å². The van der Waals surface area contributed by atoms with Crippen molar-refractivity contribution in [3.8, 4) is 0 Å². The van der Waals surface area contributed by atoms with Gasteiger partial charge in [0.15, 0.2) is 0 Å². The molecule has 0 atom stereocenters. The molecule has 0 radical (unpaired) electrons. The summed E-state index contributed by atoms with van der Waals surface area (Å²) in [4.78, 5) is 11.2. The maximum Gasteiger partial charge on any atom is 0.509 e. The smallest absolute Gasteiger partial charge is 0.465 e. The SMILES string of the molecule is COC(=O)c1cc(N)cc([B-](F)(F)F)c1C. The number of nitrogens with two attached hydrogens (primary N) is 1. The average Bonchev–Trinajstić information content (AvgIpc) is 2.18. The van der Waals surface area contributed by atoms with Gasteiger partial charge in [0.2, 0.25) is 0 Å². The predicted molar refractivity (Wildman–Crippen MR) is 55.6 cm³/mol. The summed E-state index contributed by atoms with van der Waals surface area (Å²) in [7, 11) is 1.10. The number of nitrogen functional groups attached to an aromatic ring is 1. The van der Waals surface area contributed by atoms with Gasteiger partial charge in [0, 0.05) is 5.69 Å². The van der Waals surface area contributed by atoms with E-state index in [1.54, 1.807) is 0 Å². The Labute approximate surface area is 90.4 Å². The summed E-state index contributed by atoms with van der Waals surface area (Å²) in [5, 5.41) is 0. The van der Waals surface area contributed by atoms with E-state index in [-0.39, 0.29) is 16.8 Å². The zero-order chi connectivity index (χ0) is 12.5. The van der Waals surface area contributed by atoms with Crippen molar-refractivity contribution in [1.82, 2.24) is 0 Å². The quantitative estimate of drug-likeness (QED) is 0.476. The molecule has 88 valence electrons. The van der Waals surface area contributed by atoms with Crippen LogP contribution in [0.2, 0.25) is 0 Å². The normalized spacial score (nSPS) is 11.3. The molecule has 16 heavy (non-hydrogen) atoms. The van der Waals surface area contributed by atoms with E-state index in [9.17, 15) is 17.7 Å². The van der Waals surface area contributed by atoms with Crippen LogP contribution in [0, 0.1) is 6.92 Å². The Balaban J connectivity index is 3.44. The summed E-state index contributed by atoms with van der Waals surface area (Å²) >= 11 is 0. The summed E-state index contributed by atoms with van der Waals surface area (Å²) in [6.07, 6.45) is 0. The highest BCUT2D eigenvalue weighted by atomic mass is 19.4. The summed E-state index contributed by atoms with van der Waals surface area (Å²) in [5.74, 6) is -0.828. The predicted octanol–water partition coefficient (Wildman–Crippen LogP) is 1.42. The van der Waals surface area contributed by atoms with Gasteiger partial charge in [-0.15, -0.1) is 5.46 Å². The van der Waals surface area contributed by atoms with E-state index in [0.717, 1.165) is 13.2 Å². The Morgan fingerprint density at radius 2 is 1.94 bits per heavy atom. The van der Waals surface area contributed by atoms with Crippen molar-refractivity contribution in [3.05, 3.63) is 23.3 Å². The standard InChI is InChI=1S/C9H10BF3NO2/c1-5-7(9(15)16-2)3-6(14)4-8(5)10(11,12)13/h3-4H,14H2,1-2H3/q-1. The summed E-state index contributed by atoms with van der Waals surface area (Å²) in [6, 6.07) is 1.99. The van der Waals surface area contributed by atoms with Crippen LogP contribution < -0.4 is 11.2 Å². The monoisotopic (exact) mass is 232 g/mol. The van der Waals surface area contributed by atoms with Crippen molar-refractivity contribution < 1.29 is 22.5 Å². The number of hydrogen-bond donors (Lipinski definition) is 1. The zero-order valence-electron chi connectivity index (χ0n) is 8.76. The fourth-order valence-corrected chi connectivity index (χ4v) is 1.42. The van der Waals surface area contributed by atoms with Gasteiger partial charge in [-0.05, 0) is 13.0 Å². The molecule has 3 nitrogen and oxygen atoms in total. The molecule has 1 aromatic carbocycles. The molecule has 1 aromatic rings. The molecule has 0 saturated carbocycles. The number of methoxy groups -OCH3 is 1. The Morgan fingerprint density at radius 1 is 1.38 bits per heavy atom. The molecule has 0 aromatic heterocycles. The number of hydrogen-bond acceptors (Lipinski definition) is 3. The first kappa shape index (κ1) is 12.4. The molecule has 0 aliphatic heterocycles. The number of carbonyl (C=O) groups is 1. The highest BCUT2D eigenvalue weighted by Crippen LogP contribution is 2.18. The minimum Gasteiger partial charge on any atom is -0.465 e. The Morgan fingerprint density at radius 3 is 2.38 bits per heavy atom. The first-order chi connectivity index (χ1) is 7.27. The molecule has 0 saturated heterocycles. The number of benzene rings is 1. The van der Waals surface area contributed by atoms with Crippen LogP contribution in [0.4, 0.5) is 18.6 Å². The highest BCUT2D eigenvalue weighted by molar-refractivity contribution is 6.74. The molecule has 0 unspecified atom stereocenters. The average molecular weight is 232 g/mol. The molecule has 0 bridgehead atoms. The van der Waals surface area contributed by atoms with Crippen molar-refractivity contribution in [1.29, 1.82) is 0 Å². The zero-order valence-corrected chi connectivity index (χ0v) is 8.76. The third-order valence-electron chi connectivity index (χ3n) is 2.23. The highest BCUT2D eigenvalue weighted by Gasteiger charge is 2.29. The molecule has 0 aliphatic carbocycles.